The molecule has 0 saturated carbocycles. The Hall–Kier alpha value is -5.62. The molecule has 15 heteroatoms. The molecule has 0 radical (unpaired) electrons. The number of hydrogen-bond donors (Lipinski definition) is 0. The number of benzene rings is 2. The highest BCUT2D eigenvalue weighted by Gasteiger charge is 2.26. The molecule has 0 aliphatic rings. The Bertz CT molecular complexity index is 1810. The Morgan fingerprint density at radius 3 is 2.24 bits per heavy atom. The lowest BCUT2D eigenvalue weighted by Gasteiger charge is -2.13. The highest BCUT2D eigenvalue weighted by atomic mass is 16.6. The van der Waals surface area contributed by atoms with Crippen LogP contribution in [0.25, 0.3) is 10.9 Å². The average molecular weight is 621 g/mol. The second kappa shape index (κ2) is 13.8. The van der Waals surface area contributed by atoms with E-state index in [0.29, 0.717) is 33.7 Å². The van der Waals surface area contributed by atoms with E-state index in [4.69, 9.17) is 23.7 Å². The summed E-state index contributed by atoms with van der Waals surface area (Å²) in [6.07, 6.45) is 1.36. The zero-order chi connectivity index (χ0) is 32.8. The van der Waals surface area contributed by atoms with Crippen LogP contribution in [0.1, 0.15) is 27.3 Å². The number of hydrogen-bond acceptors (Lipinski definition) is 12. The van der Waals surface area contributed by atoms with Crippen molar-refractivity contribution < 1.29 is 38.2 Å². The van der Waals surface area contributed by atoms with Crippen LogP contribution < -0.4 is 18.9 Å². The summed E-state index contributed by atoms with van der Waals surface area (Å²) in [5.41, 5.74) is 1.51. The molecule has 15 nitrogen and oxygen atoms in total. The molecule has 0 unspecified atom stereocenters. The quantitative estimate of drug-likeness (QED) is 0.0749. The van der Waals surface area contributed by atoms with E-state index in [-0.39, 0.29) is 48.4 Å². The highest BCUT2D eigenvalue weighted by molar-refractivity contribution is 6.16. The Balaban J connectivity index is 1.90. The number of nitrogens with zero attached hydrogens (tertiary/aromatic N) is 6. The van der Waals surface area contributed by atoms with Crippen molar-refractivity contribution in [2.75, 3.05) is 55.7 Å². The van der Waals surface area contributed by atoms with Gasteiger partial charge in [-0.15, -0.1) is 0 Å². The Morgan fingerprint density at radius 2 is 1.69 bits per heavy atom. The van der Waals surface area contributed by atoms with Crippen LogP contribution in [-0.2, 0) is 23.1 Å². The summed E-state index contributed by atoms with van der Waals surface area (Å²) >= 11 is 0. The molecular weight excluding hydrogens is 588 g/mol. The number of ether oxygens (including phenoxy) is 5. The van der Waals surface area contributed by atoms with Crippen molar-refractivity contribution in [3.8, 4) is 34.8 Å². The maximum Gasteiger partial charge on any atom is 0.434 e. The van der Waals surface area contributed by atoms with Gasteiger partial charge in [-0.1, -0.05) is 16.8 Å². The lowest BCUT2D eigenvalue weighted by Crippen LogP contribution is -2.23. The summed E-state index contributed by atoms with van der Waals surface area (Å²) in [6, 6.07) is 6.37. The molecule has 236 valence electrons. The van der Waals surface area contributed by atoms with Gasteiger partial charge in [-0.05, 0) is 43.3 Å². The van der Waals surface area contributed by atoms with Crippen molar-refractivity contribution in [1.82, 2.24) is 24.2 Å². The number of ketones is 1. The first kappa shape index (κ1) is 32.3. The maximum absolute atomic E-state index is 14.0. The third kappa shape index (κ3) is 6.65. The maximum atomic E-state index is 14.0. The van der Waals surface area contributed by atoms with Crippen molar-refractivity contribution in [2.24, 2.45) is 7.05 Å². The van der Waals surface area contributed by atoms with Gasteiger partial charge < -0.3 is 33.8 Å². The number of esters is 1. The van der Waals surface area contributed by atoms with Crippen molar-refractivity contribution in [1.29, 1.82) is 0 Å². The molecular formula is C30H32N6O9. The summed E-state index contributed by atoms with van der Waals surface area (Å²) < 4.78 is 29.9. The normalized spacial score (nSPS) is 10.8. The van der Waals surface area contributed by atoms with Crippen molar-refractivity contribution in [3.05, 3.63) is 63.1 Å². The third-order valence-corrected chi connectivity index (χ3v) is 6.73. The first-order chi connectivity index (χ1) is 21.5. The number of aromatic nitrogens is 4. The monoisotopic (exact) mass is 620 g/mol. The number of nitro groups is 1. The largest absolute Gasteiger partial charge is 0.495 e. The number of fused-ring (bicyclic) bond motifs is 1. The Morgan fingerprint density at radius 1 is 1.02 bits per heavy atom. The van der Waals surface area contributed by atoms with Gasteiger partial charge in [0.1, 0.15) is 23.3 Å². The second-order valence-corrected chi connectivity index (χ2v) is 9.85. The van der Waals surface area contributed by atoms with Gasteiger partial charge in [0.25, 0.3) is 0 Å². The first-order valence-corrected chi connectivity index (χ1v) is 13.4. The number of methoxy groups -OCH3 is 4. The first-order valence-electron chi connectivity index (χ1n) is 13.4. The highest BCUT2D eigenvalue weighted by Crippen LogP contribution is 2.39. The number of carbonyl (C=O) groups excluding carboxylic acids is 2. The predicted octanol–water partition coefficient (Wildman–Crippen LogP) is 2.45. The van der Waals surface area contributed by atoms with Crippen LogP contribution in [0.15, 0.2) is 30.5 Å². The van der Waals surface area contributed by atoms with Gasteiger partial charge in [-0.25, -0.2) is 4.57 Å². The van der Waals surface area contributed by atoms with Gasteiger partial charge in [0, 0.05) is 10.9 Å². The predicted molar refractivity (Wildman–Crippen MR) is 161 cm³/mol. The van der Waals surface area contributed by atoms with Crippen LogP contribution in [0, 0.1) is 22.0 Å². The molecule has 0 saturated heterocycles. The second-order valence-electron chi connectivity index (χ2n) is 9.85. The van der Waals surface area contributed by atoms with Crippen LogP contribution in [-0.4, -0.2) is 96.6 Å². The van der Waals surface area contributed by atoms with Gasteiger partial charge in [-0.2, -0.15) is 5.10 Å². The summed E-state index contributed by atoms with van der Waals surface area (Å²) in [5, 5.41) is 16.5. The fourth-order valence-corrected chi connectivity index (χ4v) is 4.63. The number of imidazole rings is 1. The number of carbonyl (C=O) groups is 2. The van der Waals surface area contributed by atoms with E-state index in [1.165, 1.54) is 63.1 Å². The smallest absolute Gasteiger partial charge is 0.434 e. The molecule has 0 amide bonds. The molecule has 0 spiro atoms. The molecule has 0 atom stereocenters. The molecule has 0 aliphatic carbocycles. The molecule has 45 heavy (non-hydrogen) atoms. The minimum Gasteiger partial charge on any atom is -0.495 e. The summed E-state index contributed by atoms with van der Waals surface area (Å²) in [7, 11) is 10.8. The van der Waals surface area contributed by atoms with Crippen molar-refractivity contribution >= 4 is 28.6 Å². The molecule has 0 aliphatic heterocycles. The Kier molecular flexibility index (Phi) is 9.89. The molecule has 2 aromatic heterocycles. The molecule has 0 fully saturated rings. The topological polar surface area (TPSA) is 162 Å². The standard InChI is InChI=1S/C30H32N6O9/c1-33(2)17-25(37)45-12-8-9-20-22(41-4)11-10-21-26(28(38)18-13-23(42-5)29(44-7)24(14-18)43-6)32-35(27(20)21)16-19-15-31-30(34(19)3)36(39)40/h10-11,13-15H,12,16-17H2,1-7H3. The van der Waals surface area contributed by atoms with Gasteiger partial charge in [0.05, 0.1) is 59.7 Å². The zero-order valence-electron chi connectivity index (χ0n) is 25.9. The molecule has 4 aromatic rings. The van der Waals surface area contributed by atoms with Gasteiger partial charge >= 0.3 is 11.9 Å². The van der Waals surface area contributed by atoms with Crippen LogP contribution in [0.5, 0.6) is 23.0 Å². The van der Waals surface area contributed by atoms with E-state index >= 15 is 0 Å². The Labute approximate surface area is 258 Å². The lowest BCUT2D eigenvalue weighted by molar-refractivity contribution is -0.396. The number of rotatable bonds is 12. The van der Waals surface area contributed by atoms with Gasteiger partial charge in [0.15, 0.2) is 18.1 Å². The zero-order valence-corrected chi connectivity index (χ0v) is 25.9. The van der Waals surface area contributed by atoms with Gasteiger partial charge in [0.2, 0.25) is 11.5 Å². The third-order valence-electron chi connectivity index (χ3n) is 6.73. The SMILES string of the molecule is COc1cc(C(=O)c2nn(Cc3cnc([N+](=O)[O-])n3C)c3c(C#CCOC(=O)CN(C)C)c(OC)ccc23)cc(OC)c1OC. The fraction of sp³-hybridized carbons (Fsp3) is 0.333. The van der Waals surface area contributed by atoms with E-state index in [1.54, 1.807) is 31.1 Å². The van der Waals surface area contributed by atoms with Crippen LogP contribution >= 0.6 is 0 Å². The fourth-order valence-electron chi connectivity index (χ4n) is 4.63. The summed E-state index contributed by atoms with van der Waals surface area (Å²) in [4.78, 5) is 42.5. The summed E-state index contributed by atoms with van der Waals surface area (Å²) in [6.45, 7) is -0.0991. The molecule has 2 aromatic carbocycles. The van der Waals surface area contributed by atoms with Crippen LogP contribution in [0.2, 0.25) is 0 Å². The molecule has 0 N–H and O–H groups in total. The summed E-state index contributed by atoms with van der Waals surface area (Å²) in [5.74, 6) is 5.83. The van der Waals surface area contributed by atoms with Gasteiger partial charge in [-0.3, -0.25) is 19.2 Å². The molecule has 0 bridgehead atoms. The van der Waals surface area contributed by atoms with Crippen LogP contribution in [0.4, 0.5) is 5.95 Å². The van der Waals surface area contributed by atoms with Crippen molar-refractivity contribution in [3.63, 3.8) is 0 Å². The average Bonchev–Trinajstić information content (AvgIpc) is 3.57. The van der Waals surface area contributed by atoms with E-state index in [2.05, 4.69) is 21.9 Å². The molecule has 4 rings (SSSR count). The minimum atomic E-state index is -0.596. The van der Waals surface area contributed by atoms with Crippen LogP contribution in [0.3, 0.4) is 0 Å². The minimum absolute atomic E-state index is 0.00393. The lowest BCUT2D eigenvalue weighted by atomic mass is 10.0. The molecule has 2 heterocycles. The van der Waals surface area contributed by atoms with Crippen molar-refractivity contribution in [2.45, 2.75) is 6.54 Å². The van der Waals surface area contributed by atoms with E-state index in [0.717, 1.165) is 0 Å². The van der Waals surface area contributed by atoms with E-state index < -0.39 is 16.7 Å². The van der Waals surface area contributed by atoms with E-state index in [1.807, 2.05) is 0 Å². The number of likely N-dealkylation sites (N-methyl/N-ethyl adjacent to an activating group) is 1. The van der Waals surface area contributed by atoms with E-state index in [9.17, 15) is 19.7 Å².